The summed E-state index contributed by atoms with van der Waals surface area (Å²) in [5.74, 6) is 0.747. The van der Waals surface area contributed by atoms with Crippen LogP contribution >= 0.6 is 0 Å². The SMILES string of the molecule is CCCN1CC(=O)N(Cc2cccc(NC)n2)CC1=O. The zero-order chi connectivity index (χ0) is 14.5. The summed E-state index contributed by atoms with van der Waals surface area (Å²) >= 11 is 0. The number of nitrogens with one attached hydrogen (secondary N) is 1. The summed E-state index contributed by atoms with van der Waals surface area (Å²) < 4.78 is 0. The lowest BCUT2D eigenvalue weighted by Gasteiger charge is -2.33. The van der Waals surface area contributed by atoms with Crippen molar-refractivity contribution in [1.29, 1.82) is 0 Å². The Morgan fingerprint density at radius 3 is 2.60 bits per heavy atom. The van der Waals surface area contributed by atoms with Crippen LogP contribution in [0.15, 0.2) is 18.2 Å². The minimum absolute atomic E-state index is 0.0104. The van der Waals surface area contributed by atoms with E-state index in [0.717, 1.165) is 17.9 Å². The first-order valence-electron chi connectivity index (χ1n) is 6.83. The highest BCUT2D eigenvalue weighted by Gasteiger charge is 2.29. The molecule has 2 heterocycles. The topological polar surface area (TPSA) is 65.5 Å². The van der Waals surface area contributed by atoms with Crippen LogP contribution in [0.5, 0.6) is 0 Å². The summed E-state index contributed by atoms with van der Waals surface area (Å²) in [5, 5.41) is 2.96. The zero-order valence-electron chi connectivity index (χ0n) is 11.9. The molecule has 1 aliphatic rings. The van der Waals surface area contributed by atoms with E-state index in [0.29, 0.717) is 13.1 Å². The lowest BCUT2D eigenvalue weighted by Crippen LogP contribution is -2.53. The fraction of sp³-hybridized carbons (Fsp3) is 0.500. The molecule has 0 spiro atoms. The van der Waals surface area contributed by atoms with Crippen LogP contribution in [0, 0.1) is 0 Å². The van der Waals surface area contributed by atoms with Gasteiger partial charge in [-0.3, -0.25) is 9.59 Å². The van der Waals surface area contributed by atoms with Gasteiger partial charge < -0.3 is 15.1 Å². The summed E-state index contributed by atoms with van der Waals surface area (Å²) in [6, 6.07) is 5.60. The largest absolute Gasteiger partial charge is 0.373 e. The van der Waals surface area contributed by atoms with Crippen LogP contribution < -0.4 is 5.32 Å². The Kier molecular flexibility index (Phi) is 4.55. The molecule has 1 saturated heterocycles. The molecule has 108 valence electrons. The first kappa shape index (κ1) is 14.3. The van der Waals surface area contributed by atoms with Crippen LogP contribution in [-0.2, 0) is 16.1 Å². The third-order valence-electron chi connectivity index (χ3n) is 3.27. The smallest absolute Gasteiger partial charge is 0.243 e. The second-order valence-corrected chi connectivity index (χ2v) is 4.83. The van der Waals surface area contributed by atoms with Gasteiger partial charge in [0.15, 0.2) is 0 Å². The van der Waals surface area contributed by atoms with Crippen LogP contribution in [0.2, 0.25) is 0 Å². The van der Waals surface area contributed by atoms with Gasteiger partial charge in [0.25, 0.3) is 0 Å². The maximum absolute atomic E-state index is 12.1. The van der Waals surface area contributed by atoms with Crippen molar-refractivity contribution in [3.63, 3.8) is 0 Å². The Hall–Kier alpha value is -2.11. The van der Waals surface area contributed by atoms with Crippen LogP contribution in [0.4, 0.5) is 5.82 Å². The number of carbonyl (C=O) groups is 2. The van der Waals surface area contributed by atoms with Crippen LogP contribution in [0.1, 0.15) is 19.0 Å². The van der Waals surface area contributed by atoms with Crippen molar-refractivity contribution in [2.24, 2.45) is 0 Å². The molecule has 1 aromatic rings. The molecule has 1 aliphatic heterocycles. The molecule has 6 heteroatoms. The number of carbonyl (C=O) groups excluding carboxylic acids is 2. The van der Waals surface area contributed by atoms with Gasteiger partial charge in [-0.25, -0.2) is 4.98 Å². The van der Waals surface area contributed by atoms with E-state index in [9.17, 15) is 9.59 Å². The molecule has 6 nitrogen and oxygen atoms in total. The number of amides is 2. The van der Waals surface area contributed by atoms with Gasteiger partial charge in [-0.1, -0.05) is 13.0 Å². The van der Waals surface area contributed by atoms with Gasteiger partial charge >= 0.3 is 0 Å². The number of rotatable bonds is 5. The molecule has 2 rings (SSSR count). The van der Waals surface area contributed by atoms with E-state index < -0.39 is 0 Å². The lowest BCUT2D eigenvalue weighted by molar-refractivity contribution is -0.150. The summed E-state index contributed by atoms with van der Waals surface area (Å²) in [5.41, 5.74) is 0.780. The second kappa shape index (κ2) is 6.36. The van der Waals surface area contributed by atoms with Crippen LogP contribution in [-0.4, -0.2) is 53.3 Å². The van der Waals surface area contributed by atoms with Gasteiger partial charge in [0.2, 0.25) is 11.8 Å². The normalized spacial score (nSPS) is 15.7. The highest BCUT2D eigenvalue weighted by atomic mass is 16.2. The van der Waals surface area contributed by atoms with E-state index in [1.807, 2.05) is 25.1 Å². The number of aromatic nitrogens is 1. The minimum Gasteiger partial charge on any atom is -0.373 e. The molecular formula is C14H20N4O2. The predicted octanol–water partition coefficient (Wildman–Crippen LogP) is 0.704. The number of hydrogen-bond acceptors (Lipinski definition) is 4. The number of hydrogen-bond donors (Lipinski definition) is 1. The molecule has 0 bridgehead atoms. The molecule has 0 atom stereocenters. The first-order valence-corrected chi connectivity index (χ1v) is 6.83. The third-order valence-corrected chi connectivity index (χ3v) is 3.27. The lowest BCUT2D eigenvalue weighted by atomic mass is 10.2. The molecule has 20 heavy (non-hydrogen) atoms. The monoisotopic (exact) mass is 276 g/mol. The maximum Gasteiger partial charge on any atom is 0.243 e. The van der Waals surface area contributed by atoms with Gasteiger partial charge in [-0.15, -0.1) is 0 Å². The van der Waals surface area contributed by atoms with Gasteiger partial charge in [0.1, 0.15) is 12.4 Å². The predicted molar refractivity (Wildman–Crippen MR) is 76.1 cm³/mol. The first-order chi connectivity index (χ1) is 9.63. The molecule has 0 saturated carbocycles. The molecule has 2 amide bonds. The zero-order valence-corrected chi connectivity index (χ0v) is 11.9. The van der Waals surface area contributed by atoms with E-state index in [-0.39, 0.29) is 24.9 Å². The van der Waals surface area contributed by atoms with Crippen LogP contribution in [0.25, 0.3) is 0 Å². The van der Waals surface area contributed by atoms with Crippen molar-refractivity contribution in [1.82, 2.24) is 14.8 Å². The van der Waals surface area contributed by atoms with Gasteiger partial charge in [-0.05, 0) is 18.6 Å². The average molecular weight is 276 g/mol. The maximum atomic E-state index is 12.1. The molecule has 1 fully saturated rings. The molecule has 0 aromatic carbocycles. The van der Waals surface area contributed by atoms with Crippen molar-refractivity contribution >= 4 is 17.6 Å². The third kappa shape index (κ3) is 3.26. The average Bonchev–Trinajstić information content (AvgIpc) is 2.45. The van der Waals surface area contributed by atoms with Crippen molar-refractivity contribution in [3.05, 3.63) is 23.9 Å². The number of nitrogens with zero attached hydrogens (tertiary/aromatic N) is 3. The summed E-state index contributed by atoms with van der Waals surface area (Å²) in [7, 11) is 1.80. The van der Waals surface area contributed by atoms with Crippen molar-refractivity contribution in [2.75, 3.05) is 32.0 Å². The van der Waals surface area contributed by atoms with E-state index in [4.69, 9.17) is 0 Å². The highest BCUT2D eigenvalue weighted by molar-refractivity contribution is 5.92. The van der Waals surface area contributed by atoms with E-state index in [1.54, 1.807) is 16.8 Å². The Balaban J connectivity index is 2.03. The Bertz CT molecular complexity index is 504. The summed E-state index contributed by atoms with van der Waals surface area (Å²) in [4.78, 5) is 31.6. The molecule has 0 aliphatic carbocycles. The van der Waals surface area contributed by atoms with Gasteiger partial charge in [-0.2, -0.15) is 0 Å². The van der Waals surface area contributed by atoms with E-state index in [1.165, 1.54) is 0 Å². The number of anilines is 1. The second-order valence-electron chi connectivity index (χ2n) is 4.83. The number of piperazine rings is 1. The fourth-order valence-corrected chi connectivity index (χ4v) is 2.22. The highest BCUT2D eigenvalue weighted by Crippen LogP contribution is 2.11. The Morgan fingerprint density at radius 2 is 1.90 bits per heavy atom. The molecule has 1 N–H and O–H groups in total. The van der Waals surface area contributed by atoms with Gasteiger partial charge in [0.05, 0.1) is 18.8 Å². The summed E-state index contributed by atoms with van der Waals surface area (Å²) in [6.07, 6.45) is 0.866. The van der Waals surface area contributed by atoms with Crippen LogP contribution in [0.3, 0.4) is 0 Å². The van der Waals surface area contributed by atoms with Crippen molar-refractivity contribution in [3.8, 4) is 0 Å². The van der Waals surface area contributed by atoms with E-state index >= 15 is 0 Å². The molecule has 0 radical (unpaired) electrons. The minimum atomic E-state index is -0.0188. The fourth-order valence-electron chi connectivity index (χ4n) is 2.22. The standard InChI is InChI=1S/C14H20N4O2/c1-3-7-17-9-14(20)18(10-13(17)19)8-11-5-4-6-12(15-2)16-11/h4-6H,3,7-10H2,1-2H3,(H,15,16). The Labute approximate surface area is 118 Å². The molecule has 1 aromatic heterocycles. The summed E-state index contributed by atoms with van der Waals surface area (Å²) in [6.45, 7) is 3.34. The molecular weight excluding hydrogens is 256 g/mol. The van der Waals surface area contributed by atoms with Crippen molar-refractivity contribution in [2.45, 2.75) is 19.9 Å². The Morgan fingerprint density at radius 1 is 1.20 bits per heavy atom. The number of pyridine rings is 1. The van der Waals surface area contributed by atoms with Crippen molar-refractivity contribution < 1.29 is 9.59 Å². The van der Waals surface area contributed by atoms with Gasteiger partial charge in [0, 0.05) is 13.6 Å². The van der Waals surface area contributed by atoms with E-state index in [2.05, 4.69) is 10.3 Å². The quantitative estimate of drug-likeness (QED) is 0.860. The molecule has 0 unspecified atom stereocenters.